The first-order valence-corrected chi connectivity index (χ1v) is 8.92. The van der Waals surface area contributed by atoms with Gasteiger partial charge in [0.2, 0.25) is 13.6 Å². The molecule has 2 atom stereocenters. The molecule has 3 aliphatic heterocycles. The molecule has 4 aliphatic rings. The molecule has 27 heavy (non-hydrogen) atoms. The Morgan fingerprint density at radius 3 is 2.67 bits per heavy atom. The molecule has 1 spiro atoms. The number of aliphatic hydroxyl groups excluding tert-OH is 1. The van der Waals surface area contributed by atoms with Gasteiger partial charge >= 0.3 is 0 Å². The van der Waals surface area contributed by atoms with Crippen molar-refractivity contribution in [2.75, 3.05) is 27.2 Å². The first kappa shape index (κ1) is 15.3. The minimum atomic E-state index is -1.21. The number of rotatable bonds is 0. The van der Waals surface area contributed by atoms with Crippen LogP contribution >= 0.6 is 0 Å². The van der Waals surface area contributed by atoms with Crippen LogP contribution in [0.25, 0.3) is 0 Å². The van der Waals surface area contributed by atoms with Crippen LogP contribution in [-0.2, 0) is 12.0 Å². The van der Waals surface area contributed by atoms with Gasteiger partial charge in [-0.25, -0.2) is 0 Å². The minimum absolute atomic E-state index is 0.0881. The second-order valence-electron chi connectivity index (χ2n) is 7.29. The fraction of sp³-hybridized carbons (Fsp3) is 0.350. The molecule has 0 saturated heterocycles. The van der Waals surface area contributed by atoms with Crippen molar-refractivity contribution in [3.63, 3.8) is 0 Å². The zero-order chi connectivity index (χ0) is 18.3. The van der Waals surface area contributed by atoms with E-state index in [1.165, 1.54) is 0 Å². The molecular formula is C20H17NO6. The standard InChI is InChI=1S/C20H17NO6/c1-21-5-4-10-6-14-15(26-8-25-14)7-12(10)20(21)18(22)11-2-3-13-17(27-9-24-13)16(11)19(20)23/h2-3,6-7,19,23H,4-5,8-9H2,1H3/t19-,20-/m0/s1. The van der Waals surface area contributed by atoms with Gasteiger partial charge in [-0.1, -0.05) is 0 Å². The Hall–Kier alpha value is -2.77. The zero-order valence-electron chi connectivity index (χ0n) is 14.7. The highest BCUT2D eigenvalue weighted by Crippen LogP contribution is 2.57. The molecule has 6 rings (SSSR count). The third-order valence-electron chi connectivity index (χ3n) is 6.17. The highest BCUT2D eigenvalue weighted by Gasteiger charge is 2.60. The minimum Gasteiger partial charge on any atom is -0.454 e. The van der Waals surface area contributed by atoms with E-state index < -0.39 is 11.6 Å². The smallest absolute Gasteiger partial charge is 0.231 e. The van der Waals surface area contributed by atoms with E-state index >= 15 is 0 Å². The molecule has 0 amide bonds. The first-order valence-electron chi connectivity index (χ1n) is 8.92. The summed E-state index contributed by atoms with van der Waals surface area (Å²) < 4.78 is 22.1. The van der Waals surface area contributed by atoms with Gasteiger partial charge in [-0.15, -0.1) is 0 Å². The number of likely N-dealkylation sites (N-methyl/N-ethyl adjacent to an activating group) is 1. The maximum absolute atomic E-state index is 13.7. The van der Waals surface area contributed by atoms with Crippen LogP contribution in [0.4, 0.5) is 0 Å². The summed E-state index contributed by atoms with van der Waals surface area (Å²) in [6.45, 7) is 0.893. The normalized spacial score (nSPS) is 27.2. The lowest BCUT2D eigenvalue weighted by atomic mass is 9.76. The van der Waals surface area contributed by atoms with Gasteiger partial charge in [0.15, 0.2) is 28.8 Å². The summed E-state index contributed by atoms with van der Waals surface area (Å²) in [6, 6.07) is 7.23. The van der Waals surface area contributed by atoms with E-state index in [0.29, 0.717) is 40.7 Å². The molecule has 1 N–H and O–H groups in total. The molecule has 3 heterocycles. The summed E-state index contributed by atoms with van der Waals surface area (Å²) in [6.07, 6.45) is -0.306. The van der Waals surface area contributed by atoms with Crippen LogP contribution in [0.1, 0.15) is 33.2 Å². The topological polar surface area (TPSA) is 77.5 Å². The third kappa shape index (κ3) is 1.67. The number of ketones is 1. The van der Waals surface area contributed by atoms with Crippen LogP contribution in [-0.4, -0.2) is 43.0 Å². The Balaban J connectivity index is 1.63. The molecule has 0 radical (unpaired) electrons. The number of hydrogen-bond acceptors (Lipinski definition) is 7. The summed E-state index contributed by atoms with van der Waals surface area (Å²) in [5.41, 5.74) is 1.53. The van der Waals surface area contributed by atoms with Gasteiger partial charge in [-0.2, -0.15) is 0 Å². The summed E-state index contributed by atoms with van der Waals surface area (Å²) in [5.74, 6) is 2.17. The molecule has 2 aromatic rings. The van der Waals surface area contributed by atoms with E-state index in [2.05, 4.69) is 0 Å². The van der Waals surface area contributed by atoms with E-state index in [0.717, 1.165) is 17.5 Å². The van der Waals surface area contributed by atoms with E-state index in [-0.39, 0.29) is 19.4 Å². The van der Waals surface area contributed by atoms with Gasteiger partial charge in [0.25, 0.3) is 0 Å². The van der Waals surface area contributed by atoms with Crippen LogP contribution in [0.3, 0.4) is 0 Å². The number of fused-ring (bicyclic) bond motifs is 6. The zero-order valence-corrected chi connectivity index (χ0v) is 14.7. The molecule has 0 aromatic heterocycles. The maximum Gasteiger partial charge on any atom is 0.231 e. The SMILES string of the molecule is CN1CCc2cc3c(cc2[C@@]12C(=O)c1ccc4c(c1[C@@H]2O)OCO4)OCO3. The molecule has 7 nitrogen and oxygen atoms in total. The van der Waals surface area contributed by atoms with Gasteiger partial charge < -0.3 is 24.1 Å². The van der Waals surface area contributed by atoms with Crippen LogP contribution in [0.5, 0.6) is 23.0 Å². The number of carbonyl (C=O) groups excluding carboxylic acids is 1. The summed E-state index contributed by atoms with van der Waals surface area (Å²) in [7, 11) is 1.87. The predicted octanol–water partition coefficient (Wildman–Crippen LogP) is 1.76. The van der Waals surface area contributed by atoms with E-state index in [1.54, 1.807) is 12.1 Å². The van der Waals surface area contributed by atoms with Crippen molar-refractivity contribution in [1.29, 1.82) is 0 Å². The fourth-order valence-electron chi connectivity index (χ4n) is 4.87. The Kier molecular flexibility index (Phi) is 2.80. The fourth-order valence-corrected chi connectivity index (χ4v) is 4.87. The Labute approximate surface area is 155 Å². The van der Waals surface area contributed by atoms with Crippen molar-refractivity contribution in [3.8, 4) is 23.0 Å². The number of benzene rings is 2. The summed E-state index contributed by atoms with van der Waals surface area (Å²) in [4.78, 5) is 15.6. The van der Waals surface area contributed by atoms with Gasteiger partial charge in [-0.05, 0) is 48.9 Å². The first-order chi connectivity index (χ1) is 13.1. The molecule has 138 valence electrons. The van der Waals surface area contributed by atoms with Crippen molar-refractivity contribution in [3.05, 3.63) is 46.5 Å². The number of ether oxygens (including phenoxy) is 4. The number of aliphatic hydroxyl groups is 1. The average molecular weight is 367 g/mol. The molecule has 0 fully saturated rings. The molecular weight excluding hydrogens is 350 g/mol. The maximum atomic E-state index is 13.7. The van der Waals surface area contributed by atoms with Crippen molar-refractivity contribution in [2.24, 2.45) is 0 Å². The Morgan fingerprint density at radius 1 is 1.07 bits per heavy atom. The quantitative estimate of drug-likeness (QED) is 0.760. The number of nitrogens with zero attached hydrogens (tertiary/aromatic N) is 1. The number of hydrogen-bond donors (Lipinski definition) is 1. The molecule has 0 saturated carbocycles. The lowest BCUT2D eigenvalue weighted by Crippen LogP contribution is -2.54. The molecule has 2 aromatic carbocycles. The second kappa shape index (κ2) is 4.94. The van der Waals surface area contributed by atoms with Crippen molar-refractivity contribution < 1.29 is 28.8 Å². The van der Waals surface area contributed by atoms with Gasteiger partial charge in [-0.3, -0.25) is 9.69 Å². The second-order valence-corrected chi connectivity index (χ2v) is 7.29. The molecule has 1 aliphatic carbocycles. The highest BCUT2D eigenvalue weighted by molar-refractivity contribution is 6.10. The van der Waals surface area contributed by atoms with Crippen molar-refractivity contribution >= 4 is 5.78 Å². The lowest BCUT2D eigenvalue weighted by molar-refractivity contribution is -0.00844. The van der Waals surface area contributed by atoms with E-state index in [1.807, 2.05) is 24.1 Å². The lowest BCUT2D eigenvalue weighted by Gasteiger charge is -2.44. The van der Waals surface area contributed by atoms with Gasteiger partial charge in [0.05, 0.1) is 0 Å². The molecule has 0 unspecified atom stereocenters. The largest absolute Gasteiger partial charge is 0.454 e. The van der Waals surface area contributed by atoms with Gasteiger partial charge in [0.1, 0.15) is 11.6 Å². The summed E-state index contributed by atoms with van der Waals surface area (Å²) in [5, 5.41) is 11.5. The van der Waals surface area contributed by atoms with Crippen molar-refractivity contribution in [2.45, 2.75) is 18.1 Å². The van der Waals surface area contributed by atoms with Crippen LogP contribution < -0.4 is 18.9 Å². The van der Waals surface area contributed by atoms with E-state index in [4.69, 9.17) is 18.9 Å². The summed E-state index contributed by atoms with van der Waals surface area (Å²) >= 11 is 0. The molecule has 0 bridgehead atoms. The van der Waals surface area contributed by atoms with Crippen LogP contribution in [0, 0.1) is 0 Å². The van der Waals surface area contributed by atoms with Crippen molar-refractivity contribution in [1.82, 2.24) is 4.90 Å². The number of Topliss-reactive ketones (excluding diaryl/α,β-unsaturated/α-hetero) is 1. The van der Waals surface area contributed by atoms with E-state index in [9.17, 15) is 9.90 Å². The average Bonchev–Trinajstić information content (AvgIpc) is 3.37. The third-order valence-corrected chi connectivity index (χ3v) is 6.17. The number of carbonyl (C=O) groups is 1. The Bertz CT molecular complexity index is 1020. The van der Waals surface area contributed by atoms with Crippen LogP contribution in [0.2, 0.25) is 0 Å². The van der Waals surface area contributed by atoms with Gasteiger partial charge in [0, 0.05) is 17.7 Å². The highest BCUT2D eigenvalue weighted by atomic mass is 16.7. The predicted molar refractivity (Wildman–Crippen MR) is 92.4 cm³/mol. The Morgan fingerprint density at radius 2 is 1.81 bits per heavy atom. The monoisotopic (exact) mass is 367 g/mol. The van der Waals surface area contributed by atoms with Crippen LogP contribution in [0.15, 0.2) is 24.3 Å². The molecule has 7 heteroatoms.